The Balaban J connectivity index is 2.87. The van der Waals surface area contributed by atoms with Gasteiger partial charge in [-0.2, -0.15) is 5.26 Å². The largest absolute Gasteiger partial charge is 0.381 e. The Labute approximate surface area is 105 Å². The summed E-state index contributed by atoms with van der Waals surface area (Å²) in [6, 6.07) is 8.56. The summed E-state index contributed by atoms with van der Waals surface area (Å²) >= 11 is 0. The van der Waals surface area contributed by atoms with E-state index >= 15 is 0 Å². The van der Waals surface area contributed by atoms with Gasteiger partial charge < -0.3 is 5.32 Å². The Kier molecular flexibility index (Phi) is 5.03. The van der Waals surface area contributed by atoms with Crippen molar-refractivity contribution in [3.05, 3.63) is 29.3 Å². The number of hydrogen-bond donors (Lipinski definition) is 1. The number of nitrogens with one attached hydrogen (secondary N) is 1. The highest BCUT2D eigenvalue weighted by molar-refractivity contribution is 5.59. The Bertz CT molecular complexity index is 400. The molecule has 0 spiro atoms. The Morgan fingerprint density at radius 3 is 2.47 bits per heavy atom. The first-order valence-electron chi connectivity index (χ1n) is 6.39. The molecule has 1 unspecified atom stereocenters. The van der Waals surface area contributed by atoms with Crippen LogP contribution in [0.5, 0.6) is 0 Å². The van der Waals surface area contributed by atoms with Crippen LogP contribution < -0.4 is 5.32 Å². The van der Waals surface area contributed by atoms with Crippen molar-refractivity contribution in [2.45, 2.75) is 46.6 Å². The van der Waals surface area contributed by atoms with E-state index in [2.05, 4.69) is 38.2 Å². The number of anilines is 1. The van der Waals surface area contributed by atoms with Gasteiger partial charge in [0.1, 0.15) is 6.07 Å². The minimum absolute atomic E-state index is 0.402. The third-order valence-electron chi connectivity index (χ3n) is 3.43. The Morgan fingerprint density at radius 2 is 1.94 bits per heavy atom. The van der Waals surface area contributed by atoms with Crippen LogP contribution in [-0.4, -0.2) is 6.04 Å². The molecule has 0 aliphatic rings. The summed E-state index contributed by atoms with van der Waals surface area (Å²) in [6.45, 7) is 8.68. The zero-order valence-electron chi connectivity index (χ0n) is 11.2. The van der Waals surface area contributed by atoms with E-state index in [1.165, 1.54) is 18.4 Å². The summed E-state index contributed by atoms with van der Waals surface area (Å²) in [5, 5.41) is 12.6. The van der Waals surface area contributed by atoms with Gasteiger partial charge in [-0.1, -0.05) is 32.8 Å². The van der Waals surface area contributed by atoms with E-state index in [0.717, 1.165) is 11.3 Å². The zero-order valence-corrected chi connectivity index (χ0v) is 11.2. The van der Waals surface area contributed by atoms with Crippen molar-refractivity contribution in [2.75, 3.05) is 5.32 Å². The van der Waals surface area contributed by atoms with Crippen LogP contribution in [0.3, 0.4) is 0 Å². The van der Waals surface area contributed by atoms with E-state index in [1.807, 2.05) is 19.1 Å². The van der Waals surface area contributed by atoms with Crippen LogP contribution in [0.4, 0.5) is 5.69 Å². The number of nitriles is 1. The first-order valence-corrected chi connectivity index (χ1v) is 6.39. The highest BCUT2D eigenvalue weighted by atomic mass is 14.9. The second-order valence-corrected chi connectivity index (χ2v) is 4.67. The molecule has 1 rings (SSSR count). The lowest BCUT2D eigenvalue weighted by Crippen LogP contribution is -2.25. The minimum Gasteiger partial charge on any atom is -0.381 e. The molecule has 1 N–H and O–H groups in total. The van der Waals surface area contributed by atoms with Crippen LogP contribution >= 0.6 is 0 Å². The molecule has 2 heteroatoms. The summed E-state index contributed by atoms with van der Waals surface area (Å²) in [4.78, 5) is 0. The molecule has 2 nitrogen and oxygen atoms in total. The van der Waals surface area contributed by atoms with Crippen LogP contribution in [0, 0.1) is 24.2 Å². The van der Waals surface area contributed by atoms with Crippen LogP contribution in [0.2, 0.25) is 0 Å². The lowest BCUT2D eigenvalue weighted by molar-refractivity contribution is 0.438. The number of nitrogens with zero attached hydrogens (tertiary/aromatic N) is 1. The molecule has 0 amide bonds. The van der Waals surface area contributed by atoms with Crippen molar-refractivity contribution in [1.29, 1.82) is 5.26 Å². The summed E-state index contributed by atoms with van der Waals surface area (Å²) in [6.07, 6.45) is 2.33. The van der Waals surface area contributed by atoms with Crippen molar-refractivity contribution < 1.29 is 0 Å². The van der Waals surface area contributed by atoms with Crippen LogP contribution in [0.1, 0.15) is 44.7 Å². The number of aryl methyl sites for hydroxylation is 1. The van der Waals surface area contributed by atoms with Gasteiger partial charge in [0.05, 0.1) is 11.3 Å². The molecule has 0 fully saturated rings. The first-order chi connectivity index (χ1) is 8.12. The van der Waals surface area contributed by atoms with E-state index < -0.39 is 0 Å². The van der Waals surface area contributed by atoms with E-state index in [4.69, 9.17) is 5.26 Å². The first kappa shape index (κ1) is 13.6. The number of hydrogen-bond acceptors (Lipinski definition) is 2. The van der Waals surface area contributed by atoms with E-state index in [1.54, 1.807) is 0 Å². The molecule has 0 saturated heterocycles. The van der Waals surface area contributed by atoms with Gasteiger partial charge in [-0.05, 0) is 37.5 Å². The average Bonchev–Trinajstić information content (AvgIpc) is 2.31. The fraction of sp³-hybridized carbons (Fsp3) is 0.533. The molecule has 0 heterocycles. The Morgan fingerprint density at radius 1 is 1.29 bits per heavy atom. The maximum absolute atomic E-state index is 9.09. The summed E-state index contributed by atoms with van der Waals surface area (Å²) < 4.78 is 0. The second-order valence-electron chi connectivity index (χ2n) is 4.67. The van der Waals surface area contributed by atoms with Gasteiger partial charge in [0.15, 0.2) is 0 Å². The van der Waals surface area contributed by atoms with E-state index in [-0.39, 0.29) is 0 Å². The van der Waals surface area contributed by atoms with E-state index in [0.29, 0.717) is 12.0 Å². The quantitative estimate of drug-likeness (QED) is 0.826. The highest BCUT2D eigenvalue weighted by Gasteiger charge is 2.14. The predicted octanol–water partition coefficient (Wildman–Crippen LogP) is 4.10. The zero-order chi connectivity index (χ0) is 12.8. The topological polar surface area (TPSA) is 35.8 Å². The van der Waals surface area contributed by atoms with Crippen molar-refractivity contribution >= 4 is 5.69 Å². The summed E-state index contributed by atoms with van der Waals surface area (Å²) in [5.41, 5.74) is 2.88. The fourth-order valence-electron chi connectivity index (χ4n) is 2.23. The van der Waals surface area contributed by atoms with Gasteiger partial charge in [-0.3, -0.25) is 0 Å². The smallest absolute Gasteiger partial charge is 0.101 e. The van der Waals surface area contributed by atoms with Crippen LogP contribution in [-0.2, 0) is 0 Å². The highest BCUT2D eigenvalue weighted by Crippen LogP contribution is 2.22. The molecular formula is C15H22N2. The standard InChI is InChI=1S/C15H22N2/c1-5-13(6-2)12(4)17-15-9-11(3)7-8-14(15)10-16/h7-9,12-13,17H,5-6H2,1-4H3. The monoisotopic (exact) mass is 230 g/mol. The summed E-state index contributed by atoms with van der Waals surface area (Å²) in [7, 11) is 0. The maximum Gasteiger partial charge on any atom is 0.101 e. The molecule has 1 aromatic rings. The lowest BCUT2D eigenvalue weighted by atomic mass is 9.95. The number of benzene rings is 1. The molecule has 1 aromatic carbocycles. The van der Waals surface area contributed by atoms with Gasteiger partial charge in [-0.25, -0.2) is 0 Å². The average molecular weight is 230 g/mol. The van der Waals surface area contributed by atoms with Crippen LogP contribution in [0.15, 0.2) is 18.2 Å². The molecule has 0 aliphatic carbocycles. The van der Waals surface area contributed by atoms with Crippen LogP contribution in [0.25, 0.3) is 0 Å². The fourth-order valence-corrected chi connectivity index (χ4v) is 2.23. The van der Waals surface area contributed by atoms with Gasteiger partial charge in [0.2, 0.25) is 0 Å². The molecule has 17 heavy (non-hydrogen) atoms. The lowest BCUT2D eigenvalue weighted by Gasteiger charge is -2.24. The summed E-state index contributed by atoms with van der Waals surface area (Å²) in [5.74, 6) is 0.655. The van der Waals surface area contributed by atoms with Crippen molar-refractivity contribution in [3.63, 3.8) is 0 Å². The van der Waals surface area contributed by atoms with Gasteiger partial charge in [0.25, 0.3) is 0 Å². The van der Waals surface area contributed by atoms with Gasteiger partial charge >= 0.3 is 0 Å². The molecule has 0 saturated carbocycles. The van der Waals surface area contributed by atoms with Crippen molar-refractivity contribution in [2.24, 2.45) is 5.92 Å². The van der Waals surface area contributed by atoms with E-state index in [9.17, 15) is 0 Å². The molecule has 0 aliphatic heterocycles. The third kappa shape index (κ3) is 3.49. The molecule has 0 aromatic heterocycles. The van der Waals surface area contributed by atoms with Crippen molar-refractivity contribution in [1.82, 2.24) is 0 Å². The molecule has 0 bridgehead atoms. The number of rotatable bonds is 5. The Hall–Kier alpha value is -1.49. The minimum atomic E-state index is 0.402. The second kappa shape index (κ2) is 6.30. The van der Waals surface area contributed by atoms with Crippen molar-refractivity contribution in [3.8, 4) is 6.07 Å². The molecule has 92 valence electrons. The molecule has 0 radical (unpaired) electrons. The third-order valence-corrected chi connectivity index (χ3v) is 3.43. The molecular weight excluding hydrogens is 208 g/mol. The van der Waals surface area contributed by atoms with Gasteiger partial charge in [-0.15, -0.1) is 0 Å². The predicted molar refractivity (Wildman–Crippen MR) is 73.1 cm³/mol. The molecule has 1 atom stereocenters. The SMILES string of the molecule is CCC(CC)C(C)Nc1cc(C)ccc1C#N. The maximum atomic E-state index is 9.09. The van der Waals surface area contributed by atoms with Gasteiger partial charge in [0, 0.05) is 6.04 Å². The normalized spacial score (nSPS) is 12.2.